The summed E-state index contributed by atoms with van der Waals surface area (Å²) in [6, 6.07) is 2.19. The number of unbranched alkanes of at least 4 members (excludes halogenated alkanes) is 2. The van der Waals surface area contributed by atoms with Crippen molar-refractivity contribution in [1.82, 2.24) is 4.98 Å². The number of aromatic nitrogens is 1. The zero-order valence-corrected chi connectivity index (χ0v) is 10.7. The molecule has 2 N–H and O–H groups in total. The van der Waals surface area contributed by atoms with Gasteiger partial charge in [0.05, 0.1) is 6.61 Å². The Morgan fingerprint density at radius 3 is 3.00 bits per heavy atom. The molecule has 0 unspecified atom stereocenters. The lowest BCUT2D eigenvalue weighted by atomic mass is 10.1. The number of hydrogen-bond acceptors (Lipinski definition) is 3. The minimum absolute atomic E-state index is 0.517. The lowest BCUT2D eigenvalue weighted by Crippen LogP contribution is -2.07. The van der Waals surface area contributed by atoms with Gasteiger partial charge in [0.1, 0.15) is 0 Å². The van der Waals surface area contributed by atoms with Crippen molar-refractivity contribution in [3.63, 3.8) is 0 Å². The number of pyridine rings is 1. The molecule has 3 heteroatoms. The molecule has 0 fully saturated rings. The minimum atomic E-state index is 0.517. The summed E-state index contributed by atoms with van der Waals surface area (Å²) >= 11 is 0. The first-order valence-electron chi connectivity index (χ1n) is 6.69. The van der Waals surface area contributed by atoms with Crippen molar-refractivity contribution in [3.05, 3.63) is 22.9 Å². The molecular formula is C14H22N2O. The van der Waals surface area contributed by atoms with E-state index in [0.717, 1.165) is 37.3 Å². The predicted molar refractivity (Wildman–Crippen MR) is 69.2 cm³/mol. The van der Waals surface area contributed by atoms with E-state index in [0.29, 0.717) is 6.54 Å². The van der Waals surface area contributed by atoms with Gasteiger partial charge in [0.15, 0.2) is 0 Å². The molecule has 2 rings (SSSR count). The summed E-state index contributed by atoms with van der Waals surface area (Å²) in [5.74, 6) is 0.768. The molecule has 3 nitrogen and oxygen atoms in total. The second kappa shape index (κ2) is 6.01. The van der Waals surface area contributed by atoms with Crippen LogP contribution in [0.5, 0.6) is 5.88 Å². The molecule has 0 spiro atoms. The van der Waals surface area contributed by atoms with Gasteiger partial charge in [0.25, 0.3) is 0 Å². The fraction of sp³-hybridized carbons (Fsp3) is 0.643. The van der Waals surface area contributed by atoms with Crippen LogP contribution in [0.4, 0.5) is 0 Å². The van der Waals surface area contributed by atoms with Crippen molar-refractivity contribution in [2.75, 3.05) is 6.61 Å². The topological polar surface area (TPSA) is 48.1 Å². The highest BCUT2D eigenvalue weighted by atomic mass is 16.5. The van der Waals surface area contributed by atoms with Crippen LogP contribution in [0.1, 0.15) is 49.4 Å². The molecule has 0 aromatic carbocycles. The van der Waals surface area contributed by atoms with E-state index >= 15 is 0 Å². The SMILES string of the molecule is CCCCCOc1nc2c(cc1CN)CCC2. The first kappa shape index (κ1) is 12.4. The zero-order chi connectivity index (χ0) is 12.1. The Bertz CT molecular complexity index is 377. The Hall–Kier alpha value is -1.09. The van der Waals surface area contributed by atoms with Crippen molar-refractivity contribution in [3.8, 4) is 5.88 Å². The third-order valence-corrected chi connectivity index (χ3v) is 3.30. The van der Waals surface area contributed by atoms with Crippen LogP contribution in [0, 0.1) is 0 Å². The molecule has 1 aromatic heterocycles. The molecule has 1 aliphatic rings. The first-order valence-corrected chi connectivity index (χ1v) is 6.69. The molecule has 0 aliphatic heterocycles. The van der Waals surface area contributed by atoms with Crippen LogP contribution in [0.2, 0.25) is 0 Å². The molecule has 0 saturated carbocycles. The van der Waals surface area contributed by atoms with E-state index in [-0.39, 0.29) is 0 Å². The summed E-state index contributed by atoms with van der Waals surface area (Å²) in [6.07, 6.45) is 6.97. The number of hydrogen-bond donors (Lipinski definition) is 1. The molecular weight excluding hydrogens is 212 g/mol. The Kier molecular flexibility index (Phi) is 4.37. The van der Waals surface area contributed by atoms with Gasteiger partial charge in [-0.05, 0) is 37.3 Å². The fourth-order valence-electron chi connectivity index (χ4n) is 2.29. The van der Waals surface area contributed by atoms with Gasteiger partial charge >= 0.3 is 0 Å². The van der Waals surface area contributed by atoms with E-state index in [9.17, 15) is 0 Å². The van der Waals surface area contributed by atoms with Gasteiger partial charge in [-0.15, -0.1) is 0 Å². The van der Waals surface area contributed by atoms with E-state index in [1.165, 1.54) is 30.5 Å². The van der Waals surface area contributed by atoms with Crippen molar-refractivity contribution in [2.45, 2.75) is 52.0 Å². The van der Waals surface area contributed by atoms with E-state index in [2.05, 4.69) is 18.0 Å². The molecule has 17 heavy (non-hydrogen) atoms. The van der Waals surface area contributed by atoms with Crippen LogP contribution in [0.15, 0.2) is 6.07 Å². The van der Waals surface area contributed by atoms with Crippen LogP contribution in [-0.2, 0) is 19.4 Å². The van der Waals surface area contributed by atoms with Gasteiger partial charge in [-0.2, -0.15) is 0 Å². The maximum Gasteiger partial charge on any atom is 0.218 e. The molecule has 0 amide bonds. The zero-order valence-electron chi connectivity index (χ0n) is 10.7. The number of nitrogens with two attached hydrogens (primary N) is 1. The quantitative estimate of drug-likeness (QED) is 0.770. The lowest BCUT2D eigenvalue weighted by molar-refractivity contribution is 0.291. The number of fused-ring (bicyclic) bond motifs is 1. The van der Waals surface area contributed by atoms with Crippen LogP contribution >= 0.6 is 0 Å². The maximum absolute atomic E-state index is 5.76. The highest BCUT2D eigenvalue weighted by Crippen LogP contribution is 2.26. The van der Waals surface area contributed by atoms with E-state index in [4.69, 9.17) is 10.5 Å². The summed E-state index contributed by atoms with van der Waals surface area (Å²) in [4.78, 5) is 4.62. The molecule has 0 saturated heterocycles. The lowest BCUT2D eigenvalue weighted by Gasteiger charge is -2.11. The highest BCUT2D eigenvalue weighted by Gasteiger charge is 2.16. The largest absolute Gasteiger partial charge is 0.477 e. The number of nitrogens with zero attached hydrogens (tertiary/aromatic N) is 1. The third-order valence-electron chi connectivity index (χ3n) is 3.30. The Morgan fingerprint density at radius 2 is 2.24 bits per heavy atom. The number of rotatable bonds is 6. The van der Waals surface area contributed by atoms with Gasteiger partial charge in [-0.25, -0.2) is 4.98 Å². The van der Waals surface area contributed by atoms with E-state index < -0.39 is 0 Å². The fourth-order valence-corrected chi connectivity index (χ4v) is 2.29. The first-order chi connectivity index (χ1) is 8.35. The van der Waals surface area contributed by atoms with E-state index in [1.54, 1.807) is 0 Å². The minimum Gasteiger partial charge on any atom is -0.477 e. The number of ether oxygens (including phenoxy) is 1. The second-order valence-electron chi connectivity index (χ2n) is 4.67. The van der Waals surface area contributed by atoms with E-state index in [1.807, 2.05) is 0 Å². The molecule has 94 valence electrons. The average Bonchev–Trinajstić information content (AvgIpc) is 2.80. The van der Waals surface area contributed by atoms with Gasteiger partial charge in [0.2, 0.25) is 5.88 Å². The summed E-state index contributed by atoms with van der Waals surface area (Å²) in [6.45, 7) is 3.47. The summed E-state index contributed by atoms with van der Waals surface area (Å²) < 4.78 is 5.76. The molecule has 1 aliphatic carbocycles. The monoisotopic (exact) mass is 234 g/mol. The predicted octanol–water partition coefficient (Wildman–Crippen LogP) is 2.60. The normalized spacial score (nSPS) is 13.8. The van der Waals surface area contributed by atoms with Gasteiger partial charge in [0, 0.05) is 17.8 Å². The van der Waals surface area contributed by atoms with Gasteiger partial charge in [-0.1, -0.05) is 19.8 Å². The van der Waals surface area contributed by atoms with Crippen molar-refractivity contribution in [2.24, 2.45) is 5.73 Å². The summed E-state index contributed by atoms with van der Waals surface area (Å²) in [5.41, 5.74) is 9.40. The molecule has 0 atom stereocenters. The summed E-state index contributed by atoms with van der Waals surface area (Å²) in [7, 11) is 0. The van der Waals surface area contributed by atoms with Crippen molar-refractivity contribution in [1.29, 1.82) is 0 Å². The van der Waals surface area contributed by atoms with Crippen molar-refractivity contribution >= 4 is 0 Å². The molecule has 1 heterocycles. The standard InChI is InChI=1S/C14H22N2O/c1-2-3-4-8-17-14-12(10-15)9-11-6-5-7-13(11)16-14/h9H,2-8,10,15H2,1H3. The molecule has 1 aromatic rings. The van der Waals surface area contributed by atoms with Gasteiger partial charge < -0.3 is 10.5 Å². The molecule has 0 radical (unpaired) electrons. The molecule has 0 bridgehead atoms. The Balaban J connectivity index is 2.04. The second-order valence-corrected chi connectivity index (χ2v) is 4.67. The summed E-state index contributed by atoms with van der Waals surface area (Å²) in [5, 5.41) is 0. The Morgan fingerprint density at radius 1 is 1.35 bits per heavy atom. The van der Waals surface area contributed by atoms with Crippen LogP contribution < -0.4 is 10.5 Å². The van der Waals surface area contributed by atoms with Crippen molar-refractivity contribution < 1.29 is 4.74 Å². The van der Waals surface area contributed by atoms with Crippen LogP contribution in [0.25, 0.3) is 0 Å². The maximum atomic E-state index is 5.76. The smallest absolute Gasteiger partial charge is 0.218 e. The third kappa shape index (κ3) is 2.97. The van der Waals surface area contributed by atoms with Gasteiger partial charge in [-0.3, -0.25) is 0 Å². The van der Waals surface area contributed by atoms with Crippen LogP contribution in [0.3, 0.4) is 0 Å². The highest BCUT2D eigenvalue weighted by molar-refractivity contribution is 5.36. The average molecular weight is 234 g/mol. The number of aryl methyl sites for hydroxylation is 2. The Labute approximate surface area is 103 Å². The van der Waals surface area contributed by atoms with Crippen LogP contribution in [-0.4, -0.2) is 11.6 Å².